The average molecular weight is 286 g/mol. The molecule has 0 bridgehead atoms. The van der Waals surface area contributed by atoms with E-state index in [2.05, 4.69) is 5.32 Å². The Bertz CT molecular complexity index is 401. The number of amides is 3. The van der Waals surface area contributed by atoms with E-state index in [1.807, 2.05) is 27.7 Å². The summed E-state index contributed by atoms with van der Waals surface area (Å²) in [7, 11) is 0. The smallest absolute Gasteiger partial charge is 0.324 e. The number of carboxylic acids is 1. The van der Waals surface area contributed by atoms with Crippen LogP contribution in [0.15, 0.2) is 0 Å². The number of urea groups is 1. The molecule has 1 heterocycles. The van der Waals surface area contributed by atoms with Crippen molar-refractivity contribution in [3.8, 4) is 0 Å². The van der Waals surface area contributed by atoms with Crippen LogP contribution in [0.5, 0.6) is 0 Å². The SMILES string of the molecule is CC1(C)CN(C(=O)NC(=O)CCC(=O)O)CC(C)(C)O1. The molecule has 1 saturated heterocycles. The van der Waals surface area contributed by atoms with E-state index >= 15 is 0 Å². The maximum atomic E-state index is 12.0. The first-order valence-corrected chi connectivity index (χ1v) is 6.51. The van der Waals surface area contributed by atoms with E-state index in [-0.39, 0.29) is 12.8 Å². The molecule has 0 unspecified atom stereocenters. The molecule has 2 N–H and O–H groups in total. The van der Waals surface area contributed by atoms with Crippen molar-refractivity contribution in [1.29, 1.82) is 0 Å². The average Bonchev–Trinajstić information content (AvgIpc) is 2.21. The van der Waals surface area contributed by atoms with E-state index in [9.17, 15) is 14.4 Å². The van der Waals surface area contributed by atoms with Crippen LogP contribution in [0.1, 0.15) is 40.5 Å². The number of rotatable bonds is 3. The Labute approximate surface area is 118 Å². The van der Waals surface area contributed by atoms with Crippen LogP contribution in [-0.4, -0.2) is 52.2 Å². The van der Waals surface area contributed by atoms with Gasteiger partial charge in [0.1, 0.15) is 0 Å². The van der Waals surface area contributed by atoms with Crippen LogP contribution in [0, 0.1) is 0 Å². The summed E-state index contributed by atoms with van der Waals surface area (Å²) in [5, 5.41) is 10.7. The molecule has 0 spiro atoms. The van der Waals surface area contributed by atoms with Crippen LogP contribution in [0.2, 0.25) is 0 Å². The lowest BCUT2D eigenvalue weighted by atomic mass is 9.99. The van der Waals surface area contributed by atoms with Gasteiger partial charge in [0, 0.05) is 6.42 Å². The zero-order valence-corrected chi connectivity index (χ0v) is 12.4. The Hall–Kier alpha value is -1.63. The van der Waals surface area contributed by atoms with Gasteiger partial charge in [-0.1, -0.05) is 0 Å². The second-order valence-corrected chi connectivity index (χ2v) is 6.22. The molecular weight excluding hydrogens is 264 g/mol. The predicted octanol–water partition coefficient (Wildman–Crippen LogP) is 0.977. The third-order valence-corrected chi connectivity index (χ3v) is 2.80. The Morgan fingerprint density at radius 2 is 1.60 bits per heavy atom. The predicted molar refractivity (Wildman–Crippen MR) is 71.2 cm³/mol. The minimum absolute atomic E-state index is 0.210. The largest absolute Gasteiger partial charge is 0.481 e. The fourth-order valence-corrected chi connectivity index (χ4v) is 2.41. The molecule has 0 atom stereocenters. The topological polar surface area (TPSA) is 95.9 Å². The van der Waals surface area contributed by atoms with E-state index in [1.165, 1.54) is 4.90 Å². The molecule has 7 nitrogen and oxygen atoms in total. The molecule has 0 aliphatic carbocycles. The first-order valence-electron chi connectivity index (χ1n) is 6.51. The van der Waals surface area contributed by atoms with Gasteiger partial charge < -0.3 is 14.7 Å². The summed E-state index contributed by atoms with van der Waals surface area (Å²) in [6.07, 6.45) is -0.503. The van der Waals surface area contributed by atoms with Crippen molar-refractivity contribution in [2.45, 2.75) is 51.7 Å². The molecule has 1 aliphatic heterocycles. The second-order valence-electron chi connectivity index (χ2n) is 6.22. The number of imide groups is 1. The van der Waals surface area contributed by atoms with Gasteiger partial charge in [0.15, 0.2) is 0 Å². The molecule has 7 heteroatoms. The monoisotopic (exact) mass is 286 g/mol. The number of nitrogens with zero attached hydrogens (tertiary/aromatic N) is 1. The second kappa shape index (κ2) is 5.78. The summed E-state index contributed by atoms with van der Waals surface area (Å²) in [6.45, 7) is 8.24. The van der Waals surface area contributed by atoms with Gasteiger partial charge in [0.2, 0.25) is 5.91 Å². The van der Waals surface area contributed by atoms with Crippen LogP contribution in [0.4, 0.5) is 4.79 Å². The van der Waals surface area contributed by atoms with Crippen LogP contribution in [0.25, 0.3) is 0 Å². The molecule has 0 aromatic rings. The molecule has 1 fully saturated rings. The quantitative estimate of drug-likeness (QED) is 0.806. The van der Waals surface area contributed by atoms with Crippen LogP contribution >= 0.6 is 0 Å². The van der Waals surface area contributed by atoms with Gasteiger partial charge in [-0.3, -0.25) is 14.9 Å². The highest BCUT2D eigenvalue weighted by molar-refractivity contribution is 5.95. The Morgan fingerprint density at radius 1 is 1.10 bits per heavy atom. The number of aliphatic carboxylic acids is 1. The first-order chi connectivity index (χ1) is 9.01. The van der Waals surface area contributed by atoms with E-state index in [4.69, 9.17) is 9.84 Å². The maximum absolute atomic E-state index is 12.0. The summed E-state index contributed by atoms with van der Waals surface area (Å²) in [5.41, 5.74) is -0.994. The van der Waals surface area contributed by atoms with Gasteiger partial charge in [0.25, 0.3) is 0 Å². The number of carboxylic acid groups (broad SMARTS) is 1. The fraction of sp³-hybridized carbons (Fsp3) is 0.769. The minimum Gasteiger partial charge on any atom is -0.481 e. The minimum atomic E-state index is -1.07. The van der Waals surface area contributed by atoms with Gasteiger partial charge in [-0.05, 0) is 27.7 Å². The Balaban J connectivity index is 2.58. The molecule has 3 amide bonds. The van der Waals surface area contributed by atoms with Gasteiger partial charge >= 0.3 is 12.0 Å². The maximum Gasteiger partial charge on any atom is 0.324 e. The van der Waals surface area contributed by atoms with Gasteiger partial charge in [0.05, 0.1) is 30.7 Å². The van der Waals surface area contributed by atoms with E-state index in [0.717, 1.165) is 0 Å². The van der Waals surface area contributed by atoms with E-state index in [1.54, 1.807) is 0 Å². The van der Waals surface area contributed by atoms with Crippen molar-refractivity contribution in [2.24, 2.45) is 0 Å². The van der Waals surface area contributed by atoms with Crippen LogP contribution in [-0.2, 0) is 14.3 Å². The van der Waals surface area contributed by atoms with Gasteiger partial charge in [-0.15, -0.1) is 0 Å². The first kappa shape index (κ1) is 16.4. The zero-order valence-electron chi connectivity index (χ0n) is 12.4. The third kappa shape index (κ3) is 5.16. The summed E-state index contributed by atoms with van der Waals surface area (Å²) in [5.74, 6) is -1.65. The van der Waals surface area contributed by atoms with Crippen LogP contribution in [0.3, 0.4) is 0 Å². The van der Waals surface area contributed by atoms with Crippen molar-refractivity contribution in [2.75, 3.05) is 13.1 Å². The zero-order chi connectivity index (χ0) is 15.6. The lowest BCUT2D eigenvalue weighted by molar-refractivity contribution is -0.170. The van der Waals surface area contributed by atoms with E-state index in [0.29, 0.717) is 13.1 Å². The molecule has 0 aromatic carbocycles. The molecule has 1 aliphatic rings. The van der Waals surface area contributed by atoms with Crippen LogP contribution < -0.4 is 5.32 Å². The van der Waals surface area contributed by atoms with E-state index < -0.39 is 29.1 Å². The fourth-order valence-electron chi connectivity index (χ4n) is 2.41. The summed E-state index contributed by atoms with van der Waals surface area (Å²) in [4.78, 5) is 35.4. The number of nitrogens with one attached hydrogen (secondary N) is 1. The lowest BCUT2D eigenvalue weighted by Crippen LogP contribution is -2.60. The Morgan fingerprint density at radius 3 is 2.05 bits per heavy atom. The lowest BCUT2D eigenvalue weighted by Gasteiger charge is -2.46. The summed E-state index contributed by atoms with van der Waals surface area (Å²) >= 11 is 0. The summed E-state index contributed by atoms with van der Waals surface area (Å²) in [6, 6.07) is -0.509. The van der Waals surface area contributed by atoms with Crippen molar-refractivity contribution >= 4 is 17.9 Å². The number of morpholine rings is 1. The molecular formula is C13H22N2O5. The third-order valence-electron chi connectivity index (χ3n) is 2.80. The normalized spacial score (nSPS) is 20.3. The van der Waals surface area contributed by atoms with Crippen molar-refractivity contribution < 1.29 is 24.2 Å². The van der Waals surface area contributed by atoms with Crippen molar-refractivity contribution in [1.82, 2.24) is 10.2 Å². The molecule has 114 valence electrons. The highest BCUT2D eigenvalue weighted by atomic mass is 16.5. The standard InChI is InChI=1S/C13H22N2O5/c1-12(2)7-15(8-13(3,4)20-12)11(19)14-9(16)5-6-10(17)18/h5-8H2,1-4H3,(H,17,18)(H,14,16,19). The molecule has 20 heavy (non-hydrogen) atoms. The van der Waals surface area contributed by atoms with Crippen molar-refractivity contribution in [3.63, 3.8) is 0 Å². The highest BCUT2D eigenvalue weighted by Crippen LogP contribution is 2.27. The number of hydrogen-bond donors (Lipinski definition) is 2. The summed E-state index contributed by atoms with van der Waals surface area (Å²) < 4.78 is 5.84. The molecule has 0 radical (unpaired) electrons. The highest BCUT2D eigenvalue weighted by Gasteiger charge is 2.40. The molecule has 0 saturated carbocycles. The van der Waals surface area contributed by atoms with Gasteiger partial charge in [-0.2, -0.15) is 0 Å². The number of ether oxygens (including phenoxy) is 1. The number of carbonyl (C=O) groups excluding carboxylic acids is 2. The Kier molecular flexibility index (Phi) is 4.75. The molecule has 1 rings (SSSR count). The molecule has 0 aromatic heterocycles. The van der Waals surface area contributed by atoms with Crippen molar-refractivity contribution in [3.05, 3.63) is 0 Å². The number of hydrogen-bond acceptors (Lipinski definition) is 4. The van der Waals surface area contributed by atoms with Gasteiger partial charge in [-0.25, -0.2) is 4.79 Å². The number of carbonyl (C=O) groups is 3.